The Morgan fingerprint density at radius 1 is 0.594 bits per heavy atom. The van der Waals surface area contributed by atoms with E-state index in [0.29, 0.717) is 24.0 Å². The Hall–Kier alpha value is -2.64. The fourth-order valence-corrected chi connectivity index (χ4v) is 1.46. The summed E-state index contributed by atoms with van der Waals surface area (Å²) in [6, 6.07) is 0. The maximum absolute atomic E-state index is 11.5. The zero-order valence-electron chi connectivity index (χ0n) is 20.9. The zero-order chi connectivity index (χ0) is 25.5. The van der Waals surface area contributed by atoms with Gasteiger partial charge >= 0.3 is 23.9 Å². The fourth-order valence-electron chi connectivity index (χ4n) is 1.46. The molecule has 0 heterocycles. The van der Waals surface area contributed by atoms with Crippen LogP contribution in [0.2, 0.25) is 0 Å². The number of carbonyl (C=O) groups is 4. The summed E-state index contributed by atoms with van der Waals surface area (Å²) in [6.07, 6.45) is 1.41. The first-order valence-electron chi connectivity index (χ1n) is 10.6. The van der Waals surface area contributed by atoms with Crippen molar-refractivity contribution in [1.82, 2.24) is 0 Å². The summed E-state index contributed by atoms with van der Waals surface area (Å²) in [6.45, 7) is 21.4. The standard InChI is InChI=1S/2C12H20O4/c2*1-6-12(4,5)11(14)16-8-7-15-10(13)9(2)3/h2*2,6-8H2,1,3-5H3. The van der Waals surface area contributed by atoms with Crippen LogP contribution in [0.5, 0.6) is 0 Å². The molecule has 0 N–H and O–H groups in total. The molecule has 0 saturated carbocycles. The maximum atomic E-state index is 11.5. The highest BCUT2D eigenvalue weighted by molar-refractivity contribution is 5.87. The summed E-state index contributed by atoms with van der Waals surface area (Å²) in [5.41, 5.74) is -0.308. The summed E-state index contributed by atoms with van der Waals surface area (Å²) in [7, 11) is 0. The quantitative estimate of drug-likeness (QED) is 0.186. The largest absolute Gasteiger partial charge is 0.462 e. The molecule has 8 heteroatoms. The van der Waals surface area contributed by atoms with Crippen molar-refractivity contribution in [1.29, 1.82) is 0 Å². The van der Waals surface area contributed by atoms with Gasteiger partial charge in [0.15, 0.2) is 0 Å². The summed E-state index contributed by atoms with van der Waals surface area (Å²) in [5.74, 6) is -1.49. The van der Waals surface area contributed by atoms with Crippen LogP contribution in [0.3, 0.4) is 0 Å². The molecule has 0 aromatic carbocycles. The summed E-state index contributed by atoms with van der Waals surface area (Å²) in [4.78, 5) is 44.9. The van der Waals surface area contributed by atoms with E-state index in [-0.39, 0.29) is 38.4 Å². The second kappa shape index (κ2) is 15.2. The van der Waals surface area contributed by atoms with E-state index in [9.17, 15) is 19.2 Å². The third-order valence-electron chi connectivity index (χ3n) is 4.67. The Labute approximate surface area is 192 Å². The normalized spacial score (nSPS) is 10.8. The van der Waals surface area contributed by atoms with Crippen molar-refractivity contribution in [2.75, 3.05) is 26.4 Å². The SMILES string of the molecule is C=C(C)C(=O)OCCOC(=O)C(C)(C)CC.C=C(C)C(=O)OCCOC(=O)C(C)(C)CC. The van der Waals surface area contributed by atoms with Gasteiger partial charge in [0.1, 0.15) is 26.4 Å². The van der Waals surface area contributed by atoms with E-state index in [2.05, 4.69) is 13.2 Å². The average Bonchev–Trinajstić information content (AvgIpc) is 2.73. The number of rotatable bonds is 12. The Kier molecular flexibility index (Phi) is 15.0. The van der Waals surface area contributed by atoms with Crippen molar-refractivity contribution in [3.8, 4) is 0 Å². The molecule has 0 amide bonds. The lowest BCUT2D eigenvalue weighted by molar-refractivity contribution is -0.158. The van der Waals surface area contributed by atoms with Gasteiger partial charge in [0.05, 0.1) is 10.8 Å². The topological polar surface area (TPSA) is 105 Å². The van der Waals surface area contributed by atoms with Gasteiger partial charge in [-0.3, -0.25) is 9.59 Å². The van der Waals surface area contributed by atoms with E-state index >= 15 is 0 Å². The van der Waals surface area contributed by atoms with Crippen molar-refractivity contribution >= 4 is 23.9 Å². The molecule has 8 nitrogen and oxygen atoms in total. The van der Waals surface area contributed by atoms with Crippen LogP contribution in [-0.4, -0.2) is 50.3 Å². The van der Waals surface area contributed by atoms with E-state index in [4.69, 9.17) is 18.9 Å². The van der Waals surface area contributed by atoms with Crippen LogP contribution in [-0.2, 0) is 38.1 Å². The average molecular weight is 457 g/mol. The highest BCUT2D eigenvalue weighted by atomic mass is 16.6. The molecule has 184 valence electrons. The lowest BCUT2D eigenvalue weighted by Gasteiger charge is -2.20. The van der Waals surface area contributed by atoms with Gasteiger partial charge in [-0.25, -0.2) is 9.59 Å². The van der Waals surface area contributed by atoms with Crippen LogP contribution in [0.1, 0.15) is 68.2 Å². The molecule has 0 aliphatic rings. The van der Waals surface area contributed by atoms with E-state index in [0.717, 1.165) is 0 Å². The number of esters is 4. The Morgan fingerprint density at radius 2 is 0.844 bits per heavy atom. The van der Waals surface area contributed by atoms with Gasteiger partial charge in [-0.15, -0.1) is 0 Å². The zero-order valence-corrected chi connectivity index (χ0v) is 20.9. The molecule has 0 rings (SSSR count). The predicted octanol–water partition coefficient (Wildman–Crippen LogP) is 4.17. The Bertz CT molecular complexity index is 615. The first kappa shape index (κ1) is 31.5. The predicted molar refractivity (Wildman–Crippen MR) is 122 cm³/mol. The minimum absolute atomic E-state index is 0.0667. The molecule has 0 aliphatic carbocycles. The third kappa shape index (κ3) is 13.6. The lowest BCUT2D eigenvalue weighted by atomic mass is 9.91. The molecule has 0 aliphatic heterocycles. The minimum Gasteiger partial charge on any atom is -0.462 e. The molecule has 0 saturated heterocycles. The van der Waals surface area contributed by atoms with E-state index in [1.54, 1.807) is 13.8 Å². The smallest absolute Gasteiger partial charge is 0.333 e. The fraction of sp³-hybridized carbons (Fsp3) is 0.667. The van der Waals surface area contributed by atoms with Crippen molar-refractivity contribution in [3.05, 3.63) is 24.3 Å². The molecule has 0 unspecified atom stereocenters. The van der Waals surface area contributed by atoms with Crippen molar-refractivity contribution in [2.24, 2.45) is 10.8 Å². The number of carbonyl (C=O) groups excluding carboxylic acids is 4. The van der Waals surface area contributed by atoms with Gasteiger partial charge in [-0.05, 0) is 54.4 Å². The molecular formula is C24H40O8. The molecule has 0 aromatic heterocycles. The van der Waals surface area contributed by atoms with Crippen molar-refractivity contribution in [3.63, 3.8) is 0 Å². The van der Waals surface area contributed by atoms with Crippen LogP contribution < -0.4 is 0 Å². The first-order chi connectivity index (χ1) is 14.6. The van der Waals surface area contributed by atoms with Gasteiger partial charge in [-0.2, -0.15) is 0 Å². The van der Waals surface area contributed by atoms with Crippen molar-refractivity contribution < 1.29 is 38.1 Å². The maximum Gasteiger partial charge on any atom is 0.333 e. The van der Waals surface area contributed by atoms with Crippen molar-refractivity contribution in [2.45, 2.75) is 68.2 Å². The van der Waals surface area contributed by atoms with E-state index < -0.39 is 22.8 Å². The van der Waals surface area contributed by atoms with Crippen LogP contribution >= 0.6 is 0 Å². The Morgan fingerprint density at radius 3 is 1.06 bits per heavy atom. The molecule has 0 spiro atoms. The van der Waals surface area contributed by atoms with Gasteiger partial charge in [0.25, 0.3) is 0 Å². The van der Waals surface area contributed by atoms with Gasteiger partial charge < -0.3 is 18.9 Å². The molecule has 32 heavy (non-hydrogen) atoms. The minimum atomic E-state index is -0.488. The molecule has 0 bridgehead atoms. The Balaban J connectivity index is 0. The monoisotopic (exact) mass is 456 g/mol. The summed E-state index contributed by atoms with van der Waals surface area (Å²) in [5, 5.41) is 0. The number of hydrogen-bond acceptors (Lipinski definition) is 8. The third-order valence-corrected chi connectivity index (χ3v) is 4.67. The van der Waals surface area contributed by atoms with Crippen LogP contribution in [0.15, 0.2) is 24.3 Å². The molecular weight excluding hydrogens is 416 g/mol. The molecule has 0 aromatic rings. The lowest BCUT2D eigenvalue weighted by Crippen LogP contribution is -2.27. The highest BCUT2D eigenvalue weighted by Crippen LogP contribution is 2.21. The highest BCUT2D eigenvalue weighted by Gasteiger charge is 2.27. The first-order valence-corrected chi connectivity index (χ1v) is 10.6. The van der Waals surface area contributed by atoms with Gasteiger partial charge in [-0.1, -0.05) is 27.0 Å². The van der Waals surface area contributed by atoms with Gasteiger partial charge in [0, 0.05) is 11.1 Å². The number of ether oxygens (including phenoxy) is 4. The van der Waals surface area contributed by atoms with Crippen LogP contribution in [0.25, 0.3) is 0 Å². The van der Waals surface area contributed by atoms with Crippen LogP contribution in [0, 0.1) is 10.8 Å². The molecule has 0 radical (unpaired) electrons. The van der Waals surface area contributed by atoms with E-state index in [1.807, 2.05) is 41.5 Å². The van der Waals surface area contributed by atoms with Crippen LogP contribution in [0.4, 0.5) is 0 Å². The second-order valence-corrected chi connectivity index (χ2v) is 8.58. The molecule has 0 fully saturated rings. The summed E-state index contributed by atoms with van der Waals surface area (Å²) < 4.78 is 19.5. The number of hydrogen-bond donors (Lipinski definition) is 0. The second-order valence-electron chi connectivity index (χ2n) is 8.58. The summed E-state index contributed by atoms with van der Waals surface area (Å²) >= 11 is 0. The van der Waals surface area contributed by atoms with Gasteiger partial charge in [0.2, 0.25) is 0 Å². The molecule has 0 atom stereocenters. The van der Waals surface area contributed by atoms with E-state index in [1.165, 1.54) is 0 Å².